The van der Waals surface area contributed by atoms with Crippen molar-refractivity contribution in [2.75, 3.05) is 11.5 Å². The fourth-order valence-electron chi connectivity index (χ4n) is 2.85. The molecule has 4 nitrogen and oxygen atoms in total. The van der Waals surface area contributed by atoms with Crippen LogP contribution < -0.4 is 0 Å². The Kier molecular flexibility index (Phi) is 6.87. The fraction of sp³-hybridized carbons (Fsp3) is 0.429. The van der Waals surface area contributed by atoms with Gasteiger partial charge in [0.1, 0.15) is 0 Å². The Balaban J connectivity index is 2.06. The van der Waals surface area contributed by atoms with Gasteiger partial charge in [0, 0.05) is 0 Å². The first-order chi connectivity index (χ1) is 12.6. The van der Waals surface area contributed by atoms with Gasteiger partial charge in [-0.15, -0.1) is 0 Å². The lowest BCUT2D eigenvalue weighted by atomic mass is 9.99. The molecule has 6 heteroatoms. The smallest absolute Gasteiger partial charge is 0.178 e. The minimum absolute atomic E-state index is 0.0214. The monoisotopic (exact) mass is 408 g/mol. The van der Waals surface area contributed by atoms with E-state index in [9.17, 15) is 16.8 Å². The molecule has 0 amide bonds. The zero-order valence-corrected chi connectivity index (χ0v) is 18.0. The lowest BCUT2D eigenvalue weighted by Crippen LogP contribution is -2.10. The molecule has 0 saturated carbocycles. The largest absolute Gasteiger partial charge is 0.224 e. The number of benzene rings is 2. The summed E-state index contributed by atoms with van der Waals surface area (Å²) in [5.74, 6) is 0.509. The summed E-state index contributed by atoms with van der Waals surface area (Å²) in [6, 6.07) is 13.9. The van der Waals surface area contributed by atoms with Gasteiger partial charge in [-0.1, -0.05) is 52.0 Å². The molecule has 2 aromatic carbocycles. The Bertz CT molecular complexity index is 956. The highest BCUT2D eigenvalue weighted by molar-refractivity contribution is 7.91. The summed E-state index contributed by atoms with van der Waals surface area (Å²) in [6.45, 7) is 7.72. The molecule has 2 aromatic rings. The second-order valence-corrected chi connectivity index (χ2v) is 11.6. The zero-order valence-electron chi connectivity index (χ0n) is 16.3. The van der Waals surface area contributed by atoms with Gasteiger partial charge in [0.05, 0.1) is 21.3 Å². The third kappa shape index (κ3) is 5.42. The van der Waals surface area contributed by atoms with Crippen molar-refractivity contribution in [3.05, 3.63) is 59.7 Å². The fourth-order valence-corrected chi connectivity index (χ4v) is 5.18. The molecule has 0 bridgehead atoms. The van der Waals surface area contributed by atoms with Crippen molar-refractivity contribution in [3.63, 3.8) is 0 Å². The first-order valence-corrected chi connectivity index (χ1v) is 12.5. The Morgan fingerprint density at radius 1 is 0.704 bits per heavy atom. The molecule has 0 fully saturated rings. The molecule has 0 aliphatic heterocycles. The van der Waals surface area contributed by atoms with Crippen molar-refractivity contribution < 1.29 is 16.8 Å². The van der Waals surface area contributed by atoms with E-state index in [1.807, 2.05) is 19.1 Å². The van der Waals surface area contributed by atoms with Crippen molar-refractivity contribution in [1.29, 1.82) is 0 Å². The molecule has 0 aliphatic carbocycles. The van der Waals surface area contributed by atoms with Crippen LogP contribution in [0.1, 0.15) is 57.1 Å². The van der Waals surface area contributed by atoms with Crippen LogP contribution in [-0.4, -0.2) is 28.3 Å². The van der Waals surface area contributed by atoms with Gasteiger partial charge in [-0.3, -0.25) is 0 Å². The van der Waals surface area contributed by atoms with E-state index in [4.69, 9.17) is 0 Å². The van der Waals surface area contributed by atoms with Crippen LogP contribution in [0.15, 0.2) is 58.3 Å². The Morgan fingerprint density at radius 2 is 1.15 bits per heavy atom. The van der Waals surface area contributed by atoms with Crippen LogP contribution >= 0.6 is 0 Å². The van der Waals surface area contributed by atoms with Crippen molar-refractivity contribution in [2.45, 2.75) is 55.7 Å². The average Bonchev–Trinajstić information content (AvgIpc) is 2.66. The van der Waals surface area contributed by atoms with E-state index in [1.54, 1.807) is 43.3 Å². The summed E-state index contributed by atoms with van der Waals surface area (Å²) < 4.78 is 49.0. The second kappa shape index (κ2) is 8.57. The van der Waals surface area contributed by atoms with Gasteiger partial charge < -0.3 is 0 Å². The topological polar surface area (TPSA) is 68.3 Å². The van der Waals surface area contributed by atoms with Crippen molar-refractivity contribution in [2.24, 2.45) is 0 Å². The van der Waals surface area contributed by atoms with Gasteiger partial charge in [0.15, 0.2) is 19.7 Å². The highest BCUT2D eigenvalue weighted by atomic mass is 32.2. The highest BCUT2D eigenvalue weighted by Crippen LogP contribution is 2.24. The summed E-state index contributed by atoms with van der Waals surface area (Å²) in [7, 11) is -6.55. The average molecular weight is 409 g/mol. The molecular weight excluding hydrogens is 380 g/mol. The molecule has 2 rings (SSSR count). The molecule has 0 aromatic heterocycles. The maximum absolute atomic E-state index is 12.6. The SMILES string of the molecule is CCS(=O)(=O)c1ccc(C(C)CCS(=O)(=O)c2ccc(C(C)C)cc2)cc1. The van der Waals surface area contributed by atoms with Crippen molar-refractivity contribution in [1.82, 2.24) is 0 Å². The number of hydrogen-bond acceptors (Lipinski definition) is 4. The van der Waals surface area contributed by atoms with E-state index in [1.165, 1.54) is 0 Å². The molecule has 148 valence electrons. The maximum Gasteiger partial charge on any atom is 0.178 e. The molecule has 0 heterocycles. The quantitative estimate of drug-likeness (QED) is 0.641. The molecule has 27 heavy (non-hydrogen) atoms. The first-order valence-electron chi connectivity index (χ1n) is 9.22. The summed E-state index contributed by atoms with van der Waals surface area (Å²) in [5.41, 5.74) is 2.06. The number of sulfone groups is 2. The standard InChI is InChI=1S/C21H28O4S2/c1-5-26(22,23)20-12-8-19(9-13-20)17(4)14-15-27(24,25)21-10-6-18(7-11-21)16(2)3/h6-13,16-17H,5,14-15H2,1-4H3. The molecule has 1 atom stereocenters. The Labute approximate surface area is 163 Å². The third-order valence-electron chi connectivity index (χ3n) is 4.91. The summed E-state index contributed by atoms with van der Waals surface area (Å²) in [5, 5.41) is 0. The van der Waals surface area contributed by atoms with Crippen LogP contribution in [0.4, 0.5) is 0 Å². The van der Waals surface area contributed by atoms with Crippen LogP contribution in [0.5, 0.6) is 0 Å². The molecule has 0 spiro atoms. The minimum Gasteiger partial charge on any atom is -0.224 e. The molecule has 0 N–H and O–H groups in total. The maximum atomic E-state index is 12.6. The first kappa shape index (κ1) is 21.6. The van der Waals surface area contributed by atoms with Gasteiger partial charge in [0.25, 0.3) is 0 Å². The van der Waals surface area contributed by atoms with Gasteiger partial charge in [-0.25, -0.2) is 16.8 Å². The summed E-state index contributed by atoms with van der Waals surface area (Å²) >= 11 is 0. The van der Waals surface area contributed by atoms with Crippen LogP contribution in [0.3, 0.4) is 0 Å². The summed E-state index contributed by atoms with van der Waals surface area (Å²) in [4.78, 5) is 0.655. The van der Waals surface area contributed by atoms with Crippen LogP contribution in [0, 0.1) is 0 Å². The van der Waals surface area contributed by atoms with Crippen molar-refractivity contribution in [3.8, 4) is 0 Å². The van der Waals surface area contributed by atoms with Crippen LogP contribution in [0.25, 0.3) is 0 Å². The third-order valence-corrected chi connectivity index (χ3v) is 8.43. The van der Waals surface area contributed by atoms with E-state index in [0.717, 1.165) is 11.1 Å². The number of hydrogen-bond donors (Lipinski definition) is 0. The van der Waals surface area contributed by atoms with E-state index in [0.29, 0.717) is 22.1 Å². The number of rotatable bonds is 8. The molecular formula is C21H28O4S2. The highest BCUT2D eigenvalue weighted by Gasteiger charge is 2.18. The lowest BCUT2D eigenvalue weighted by Gasteiger charge is -2.13. The van der Waals surface area contributed by atoms with Gasteiger partial charge >= 0.3 is 0 Å². The van der Waals surface area contributed by atoms with Crippen LogP contribution in [0.2, 0.25) is 0 Å². The van der Waals surface area contributed by atoms with Gasteiger partial charge in [0.2, 0.25) is 0 Å². The minimum atomic E-state index is -3.34. The molecule has 1 unspecified atom stereocenters. The van der Waals surface area contributed by atoms with Crippen LogP contribution in [-0.2, 0) is 19.7 Å². The normalized spacial score (nSPS) is 13.7. The molecule has 0 aliphatic rings. The predicted octanol–water partition coefficient (Wildman–Crippen LogP) is 4.57. The predicted molar refractivity (Wildman–Crippen MR) is 110 cm³/mol. The molecule has 0 radical (unpaired) electrons. The van der Waals surface area contributed by atoms with Gasteiger partial charge in [-0.2, -0.15) is 0 Å². The van der Waals surface area contributed by atoms with Gasteiger partial charge in [-0.05, 0) is 53.6 Å². The Morgan fingerprint density at radius 3 is 1.59 bits per heavy atom. The Hall–Kier alpha value is -1.66. The second-order valence-electron chi connectivity index (χ2n) is 7.20. The molecule has 0 saturated heterocycles. The van der Waals surface area contributed by atoms with E-state index in [-0.39, 0.29) is 17.4 Å². The van der Waals surface area contributed by atoms with E-state index in [2.05, 4.69) is 13.8 Å². The van der Waals surface area contributed by atoms with E-state index >= 15 is 0 Å². The van der Waals surface area contributed by atoms with E-state index < -0.39 is 19.7 Å². The lowest BCUT2D eigenvalue weighted by molar-refractivity contribution is 0.588. The zero-order chi connectivity index (χ0) is 20.2. The summed E-state index contributed by atoms with van der Waals surface area (Å²) in [6.07, 6.45) is 0.480. The van der Waals surface area contributed by atoms with Crippen molar-refractivity contribution >= 4 is 19.7 Å².